The largest absolute Gasteiger partial charge is 0.301 e. The van der Waals surface area contributed by atoms with Gasteiger partial charge in [-0.15, -0.1) is 0 Å². The van der Waals surface area contributed by atoms with Gasteiger partial charge in [0.2, 0.25) is 0 Å². The summed E-state index contributed by atoms with van der Waals surface area (Å²) in [6.07, 6.45) is 1.16. The third-order valence-electron chi connectivity index (χ3n) is 3.91. The van der Waals surface area contributed by atoms with Crippen molar-refractivity contribution in [3.8, 4) is 0 Å². The molecule has 0 amide bonds. The molecule has 1 unspecified atom stereocenters. The summed E-state index contributed by atoms with van der Waals surface area (Å²) in [4.78, 5) is 6.35. The van der Waals surface area contributed by atoms with Crippen LogP contribution in [0.25, 0.3) is 0 Å². The van der Waals surface area contributed by atoms with Crippen LogP contribution in [0.3, 0.4) is 0 Å². The lowest BCUT2D eigenvalue weighted by Gasteiger charge is -2.37. The Morgan fingerprint density at radius 2 is 2.00 bits per heavy atom. The average molecular weight is 230 g/mol. The summed E-state index contributed by atoms with van der Waals surface area (Å²) in [7, 11) is 0. The van der Waals surface area contributed by atoms with Crippen molar-refractivity contribution in [1.29, 1.82) is 0 Å². The third kappa shape index (κ3) is 2.76. The Hall–Kier alpha value is -0.120. The molecule has 2 heterocycles. The monoisotopic (exact) mass is 230 g/mol. The summed E-state index contributed by atoms with van der Waals surface area (Å²) in [5, 5.41) is 0. The van der Waals surface area contributed by atoms with Crippen molar-refractivity contribution in [1.82, 2.24) is 14.7 Å². The molecule has 16 heavy (non-hydrogen) atoms. The third-order valence-corrected chi connectivity index (χ3v) is 3.91. The Kier molecular flexibility index (Phi) is 2.51. The van der Waals surface area contributed by atoms with E-state index in [0.29, 0.717) is 25.2 Å². The van der Waals surface area contributed by atoms with Crippen LogP contribution >= 0.6 is 0 Å². The summed E-state index contributed by atoms with van der Waals surface area (Å²) in [5.41, 5.74) is 0. The van der Waals surface area contributed by atoms with Gasteiger partial charge in [-0.2, -0.15) is 0 Å². The summed E-state index contributed by atoms with van der Waals surface area (Å²) >= 11 is 0. The van der Waals surface area contributed by atoms with Gasteiger partial charge in [-0.25, -0.2) is 0 Å². The zero-order valence-electron chi connectivity index (χ0n) is 15.4. The van der Waals surface area contributed by atoms with Gasteiger partial charge < -0.3 is 4.90 Å². The van der Waals surface area contributed by atoms with E-state index in [1.807, 2.05) is 0 Å². The van der Waals surface area contributed by atoms with Crippen LogP contribution in [0.4, 0.5) is 0 Å². The summed E-state index contributed by atoms with van der Waals surface area (Å²) < 4.78 is 37.8. The van der Waals surface area contributed by atoms with E-state index in [1.54, 1.807) is 0 Å². The molecule has 0 aromatic carbocycles. The molecular formula is C13H27N3. The second-order valence-electron chi connectivity index (χ2n) is 5.17. The first-order valence-electron chi connectivity index (χ1n) is 8.86. The van der Waals surface area contributed by atoms with Crippen molar-refractivity contribution in [2.24, 2.45) is 0 Å². The van der Waals surface area contributed by atoms with Gasteiger partial charge in [0.15, 0.2) is 0 Å². The predicted octanol–water partition coefficient (Wildman–Crippen LogP) is 1.11. The fourth-order valence-corrected chi connectivity index (χ4v) is 2.73. The molecule has 0 spiro atoms. The zero-order valence-corrected chi connectivity index (χ0v) is 10.4. The molecule has 2 rings (SSSR count). The molecule has 0 aromatic rings. The maximum Gasteiger partial charge on any atom is 0.0428 e. The van der Waals surface area contributed by atoms with Gasteiger partial charge in [-0.05, 0) is 26.8 Å². The predicted molar refractivity (Wildman–Crippen MR) is 68.8 cm³/mol. The van der Waals surface area contributed by atoms with E-state index in [1.165, 1.54) is 4.90 Å². The van der Waals surface area contributed by atoms with Crippen LogP contribution in [0, 0.1) is 0 Å². The second kappa shape index (κ2) is 5.48. The molecule has 2 aliphatic rings. The molecule has 94 valence electrons. The molecule has 0 aromatic heterocycles. The Morgan fingerprint density at radius 1 is 1.25 bits per heavy atom. The number of hydrogen-bond donors (Lipinski definition) is 0. The van der Waals surface area contributed by atoms with Gasteiger partial charge >= 0.3 is 0 Å². The standard InChI is InChI=1S/C13H27N3/c1-4-14-7-9-15(10-8-14)13-5-6-16(11-13)12(2)3/h12-13H,4-11H2,1-3H3/i1D3,4D2. The van der Waals surface area contributed by atoms with E-state index in [2.05, 4.69) is 23.6 Å². The number of likely N-dealkylation sites (N-methyl/N-ethyl adjacent to an activating group) is 1. The fourth-order valence-electron chi connectivity index (χ4n) is 2.73. The van der Waals surface area contributed by atoms with Crippen LogP contribution in [0.15, 0.2) is 0 Å². The maximum absolute atomic E-state index is 7.84. The van der Waals surface area contributed by atoms with Gasteiger partial charge in [-0.3, -0.25) is 9.80 Å². The van der Waals surface area contributed by atoms with Gasteiger partial charge in [0, 0.05) is 58.2 Å². The molecule has 1 atom stereocenters. The first-order valence-corrected chi connectivity index (χ1v) is 6.36. The first-order chi connectivity index (χ1) is 9.63. The first kappa shape index (κ1) is 7.34. The molecule has 3 heteroatoms. The molecule has 0 saturated carbocycles. The summed E-state index contributed by atoms with van der Waals surface area (Å²) in [5.74, 6) is 0. The quantitative estimate of drug-likeness (QED) is 0.719. The molecule has 2 saturated heterocycles. The van der Waals surface area contributed by atoms with Crippen molar-refractivity contribution < 1.29 is 6.85 Å². The van der Waals surface area contributed by atoms with Crippen LogP contribution < -0.4 is 0 Å². The molecule has 3 nitrogen and oxygen atoms in total. The van der Waals surface area contributed by atoms with Crippen LogP contribution in [-0.4, -0.2) is 72.5 Å². The number of nitrogens with zero attached hydrogens (tertiary/aromatic N) is 3. The van der Waals surface area contributed by atoms with Gasteiger partial charge in [-0.1, -0.05) is 6.85 Å². The minimum absolute atomic E-state index is 0.490. The number of likely N-dealkylation sites (tertiary alicyclic amines) is 1. The highest BCUT2D eigenvalue weighted by Gasteiger charge is 2.30. The average Bonchev–Trinajstić information content (AvgIpc) is 2.87. The van der Waals surface area contributed by atoms with Crippen molar-refractivity contribution in [3.05, 3.63) is 0 Å². The lowest BCUT2D eigenvalue weighted by molar-refractivity contribution is 0.0990. The van der Waals surface area contributed by atoms with Crippen LogP contribution in [-0.2, 0) is 0 Å². The summed E-state index contributed by atoms with van der Waals surface area (Å²) in [6, 6.07) is 1.11. The highest BCUT2D eigenvalue weighted by molar-refractivity contribution is 4.87. The highest BCUT2D eigenvalue weighted by atomic mass is 15.3. The lowest BCUT2D eigenvalue weighted by Crippen LogP contribution is -2.51. The van der Waals surface area contributed by atoms with E-state index < -0.39 is 13.3 Å². The normalized spacial score (nSPS) is 36.7. The smallest absolute Gasteiger partial charge is 0.0428 e. The SMILES string of the molecule is [2H]C([2H])([2H])C([2H])([2H])N1CCN(C2CCN(C(C)C)C2)CC1. The molecule has 2 fully saturated rings. The van der Waals surface area contributed by atoms with E-state index in [-0.39, 0.29) is 0 Å². The van der Waals surface area contributed by atoms with Gasteiger partial charge in [0.1, 0.15) is 0 Å². The van der Waals surface area contributed by atoms with E-state index in [0.717, 1.165) is 32.6 Å². The van der Waals surface area contributed by atoms with E-state index in [4.69, 9.17) is 6.85 Å². The Morgan fingerprint density at radius 3 is 2.56 bits per heavy atom. The van der Waals surface area contributed by atoms with Crippen molar-refractivity contribution in [3.63, 3.8) is 0 Å². The molecule has 0 radical (unpaired) electrons. The highest BCUT2D eigenvalue weighted by Crippen LogP contribution is 2.19. The lowest BCUT2D eigenvalue weighted by atomic mass is 10.2. The topological polar surface area (TPSA) is 9.72 Å². The Labute approximate surface area is 107 Å². The molecule has 0 bridgehead atoms. The maximum atomic E-state index is 7.84. The molecule has 0 N–H and O–H groups in total. The number of rotatable bonds is 3. The number of piperazine rings is 1. The minimum Gasteiger partial charge on any atom is -0.301 e. The zero-order chi connectivity index (χ0) is 15.8. The van der Waals surface area contributed by atoms with Crippen LogP contribution in [0.2, 0.25) is 0 Å². The van der Waals surface area contributed by atoms with Crippen molar-refractivity contribution >= 4 is 0 Å². The van der Waals surface area contributed by atoms with Gasteiger partial charge in [0.25, 0.3) is 0 Å². The van der Waals surface area contributed by atoms with E-state index >= 15 is 0 Å². The molecule has 2 aliphatic heterocycles. The van der Waals surface area contributed by atoms with Crippen LogP contribution in [0.5, 0.6) is 0 Å². The van der Waals surface area contributed by atoms with Crippen LogP contribution in [0.1, 0.15) is 34.0 Å². The van der Waals surface area contributed by atoms with Crippen molar-refractivity contribution in [2.75, 3.05) is 45.8 Å². The number of hydrogen-bond acceptors (Lipinski definition) is 3. The van der Waals surface area contributed by atoms with Gasteiger partial charge in [0.05, 0.1) is 0 Å². The Balaban J connectivity index is 1.87. The van der Waals surface area contributed by atoms with Crippen molar-refractivity contribution in [2.45, 2.75) is 39.2 Å². The Bertz CT molecular complexity index is 350. The second-order valence-corrected chi connectivity index (χ2v) is 5.17. The molecular weight excluding hydrogens is 198 g/mol. The molecule has 0 aliphatic carbocycles. The fraction of sp³-hybridized carbons (Fsp3) is 1.00. The summed E-state index contributed by atoms with van der Waals surface area (Å²) in [6.45, 7) is 4.31. The minimum atomic E-state index is -2.59. The van der Waals surface area contributed by atoms with E-state index in [9.17, 15) is 0 Å².